The van der Waals surface area contributed by atoms with Crippen LogP contribution in [0.5, 0.6) is 0 Å². The Morgan fingerprint density at radius 1 is 0.688 bits per heavy atom. The van der Waals surface area contributed by atoms with Gasteiger partial charge in [-0.05, 0) is 39.9 Å². The predicted molar refractivity (Wildman–Crippen MR) is 135 cm³/mol. The molecular weight excluding hydrogens is 390 g/mol. The van der Waals surface area contributed by atoms with Crippen molar-refractivity contribution >= 4 is 16.5 Å². The monoisotopic (exact) mass is 419 g/mol. The van der Waals surface area contributed by atoms with Crippen LogP contribution in [-0.2, 0) is 6.54 Å². The van der Waals surface area contributed by atoms with E-state index in [1.54, 1.807) is 0 Å². The second-order valence-corrected chi connectivity index (χ2v) is 8.50. The van der Waals surface area contributed by atoms with Crippen molar-refractivity contribution in [3.63, 3.8) is 0 Å². The first kappa shape index (κ1) is 20.5. The van der Waals surface area contributed by atoms with E-state index in [-0.39, 0.29) is 0 Å². The van der Waals surface area contributed by atoms with Gasteiger partial charge in [-0.15, -0.1) is 0 Å². The molecule has 0 aromatic heterocycles. The molecule has 0 N–H and O–H groups in total. The Morgan fingerprint density at radius 3 is 2.12 bits per heavy atom. The van der Waals surface area contributed by atoms with Crippen LogP contribution in [0.2, 0.25) is 0 Å². The lowest BCUT2D eigenvalue weighted by molar-refractivity contribution is 0.131. The fourth-order valence-electron chi connectivity index (χ4n) is 4.47. The molecule has 1 saturated heterocycles. The molecule has 1 aliphatic rings. The first-order chi connectivity index (χ1) is 15.8. The zero-order valence-corrected chi connectivity index (χ0v) is 18.6. The van der Waals surface area contributed by atoms with Crippen molar-refractivity contribution < 1.29 is 0 Å². The van der Waals surface area contributed by atoms with Gasteiger partial charge >= 0.3 is 0 Å². The molecule has 1 fully saturated rings. The van der Waals surface area contributed by atoms with Crippen LogP contribution >= 0.6 is 0 Å². The lowest BCUT2D eigenvalue weighted by Gasteiger charge is -2.33. The Kier molecular flexibility index (Phi) is 6.00. The summed E-state index contributed by atoms with van der Waals surface area (Å²) < 4.78 is 0. The first-order valence-corrected chi connectivity index (χ1v) is 11.4. The van der Waals surface area contributed by atoms with Crippen molar-refractivity contribution in [1.29, 1.82) is 0 Å². The molecule has 3 heteroatoms. The predicted octanol–water partition coefficient (Wildman–Crippen LogP) is 6.05. The molecule has 0 unspecified atom stereocenters. The maximum atomic E-state index is 4.92. The molecule has 0 spiro atoms. The number of hydrogen-bond donors (Lipinski definition) is 0. The van der Waals surface area contributed by atoms with Gasteiger partial charge < -0.3 is 0 Å². The van der Waals surface area contributed by atoms with Gasteiger partial charge in [-0.1, -0.05) is 97.1 Å². The van der Waals surface area contributed by atoms with Gasteiger partial charge in [0.1, 0.15) is 0 Å². The molecule has 5 rings (SSSR count). The van der Waals surface area contributed by atoms with Crippen LogP contribution in [0.15, 0.2) is 102 Å². The number of rotatable bonds is 5. The summed E-state index contributed by atoms with van der Waals surface area (Å²) >= 11 is 0. The molecule has 32 heavy (non-hydrogen) atoms. The van der Waals surface area contributed by atoms with Crippen molar-refractivity contribution in [3.8, 4) is 11.1 Å². The first-order valence-electron chi connectivity index (χ1n) is 11.4. The summed E-state index contributed by atoms with van der Waals surface area (Å²) in [4.78, 5) is 2.54. The number of fused-ring (bicyclic) bond motifs is 1. The van der Waals surface area contributed by atoms with Crippen LogP contribution in [0.3, 0.4) is 0 Å². The van der Waals surface area contributed by atoms with E-state index in [2.05, 4.69) is 114 Å². The minimum absolute atomic E-state index is 0.963. The Balaban J connectivity index is 1.20. The number of hydrazone groups is 1. The van der Waals surface area contributed by atoms with E-state index in [1.165, 1.54) is 33.0 Å². The van der Waals surface area contributed by atoms with Crippen LogP contribution in [0.4, 0.5) is 0 Å². The standard InChI is InChI=1S/C29H29N3/c1-23(24-14-16-26(17-15-24)25-8-3-2-4-9-25)30-32-20-18-31(19-21-32)22-28-12-7-11-27-10-5-6-13-29(27)28/h2-17H,18-22H2,1H3/b30-23-. The summed E-state index contributed by atoms with van der Waals surface area (Å²) in [7, 11) is 0. The van der Waals surface area contributed by atoms with Crippen molar-refractivity contribution in [3.05, 3.63) is 108 Å². The second kappa shape index (κ2) is 9.37. The largest absolute Gasteiger partial charge is 0.295 e. The Labute approximate surface area is 190 Å². The normalized spacial score (nSPS) is 15.3. The Morgan fingerprint density at radius 2 is 1.34 bits per heavy atom. The molecule has 4 aromatic rings. The minimum atomic E-state index is 0.963. The SMILES string of the molecule is C/C(=N/N1CCN(Cc2cccc3ccccc23)CC1)c1ccc(-c2ccccc2)cc1. The van der Waals surface area contributed by atoms with Crippen molar-refractivity contribution in [1.82, 2.24) is 9.91 Å². The zero-order chi connectivity index (χ0) is 21.8. The molecule has 3 nitrogen and oxygen atoms in total. The van der Waals surface area contributed by atoms with Crippen molar-refractivity contribution in [2.24, 2.45) is 5.10 Å². The third-order valence-corrected chi connectivity index (χ3v) is 6.32. The summed E-state index contributed by atoms with van der Waals surface area (Å²) in [5, 5.41) is 9.83. The lowest BCUT2D eigenvalue weighted by Crippen LogP contribution is -2.43. The van der Waals surface area contributed by atoms with Crippen LogP contribution in [-0.4, -0.2) is 41.8 Å². The number of hydrogen-bond acceptors (Lipinski definition) is 3. The van der Waals surface area contributed by atoms with Gasteiger partial charge in [0.15, 0.2) is 0 Å². The molecule has 0 amide bonds. The summed E-state index contributed by atoms with van der Waals surface area (Å²) in [5.41, 5.74) is 6.16. The van der Waals surface area contributed by atoms with E-state index < -0.39 is 0 Å². The topological polar surface area (TPSA) is 18.8 Å². The summed E-state index contributed by atoms with van der Waals surface area (Å²) in [5.74, 6) is 0. The van der Waals surface area contributed by atoms with Gasteiger partial charge in [0.25, 0.3) is 0 Å². The smallest absolute Gasteiger partial charge is 0.0646 e. The third kappa shape index (κ3) is 4.58. The number of piperazine rings is 1. The van der Waals surface area contributed by atoms with Gasteiger partial charge in [-0.3, -0.25) is 9.91 Å². The van der Waals surface area contributed by atoms with E-state index in [0.29, 0.717) is 0 Å². The lowest BCUT2D eigenvalue weighted by atomic mass is 10.0. The maximum absolute atomic E-state index is 4.92. The summed E-state index contributed by atoms with van der Waals surface area (Å²) in [6, 6.07) is 34.5. The van der Waals surface area contributed by atoms with Crippen LogP contribution in [0.25, 0.3) is 21.9 Å². The molecule has 1 heterocycles. The molecule has 4 aromatic carbocycles. The van der Waals surface area contributed by atoms with Crippen LogP contribution < -0.4 is 0 Å². The quantitative estimate of drug-likeness (QED) is 0.367. The van der Waals surface area contributed by atoms with Gasteiger partial charge in [-0.25, -0.2) is 0 Å². The third-order valence-electron chi connectivity index (χ3n) is 6.32. The van der Waals surface area contributed by atoms with E-state index in [0.717, 1.165) is 38.4 Å². The molecule has 160 valence electrons. The van der Waals surface area contributed by atoms with Gasteiger partial charge in [0.2, 0.25) is 0 Å². The average molecular weight is 420 g/mol. The Hall–Kier alpha value is -3.43. The highest BCUT2D eigenvalue weighted by molar-refractivity contribution is 5.98. The molecule has 0 aliphatic carbocycles. The summed E-state index contributed by atoms with van der Waals surface area (Å²) in [6.07, 6.45) is 0. The highest BCUT2D eigenvalue weighted by atomic mass is 15.5. The highest BCUT2D eigenvalue weighted by Gasteiger charge is 2.17. The minimum Gasteiger partial charge on any atom is -0.295 e. The fraction of sp³-hybridized carbons (Fsp3) is 0.207. The van der Waals surface area contributed by atoms with Crippen LogP contribution in [0, 0.1) is 0 Å². The maximum Gasteiger partial charge on any atom is 0.0646 e. The fourth-order valence-corrected chi connectivity index (χ4v) is 4.47. The van der Waals surface area contributed by atoms with E-state index in [1.807, 2.05) is 0 Å². The molecule has 0 radical (unpaired) electrons. The number of benzene rings is 4. The molecule has 0 bridgehead atoms. The molecule has 0 atom stereocenters. The van der Waals surface area contributed by atoms with Gasteiger partial charge in [-0.2, -0.15) is 5.10 Å². The summed E-state index contributed by atoms with van der Waals surface area (Å²) in [6.45, 7) is 7.10. The molecular formula is C29H29N3. The van der Waals surface area contributed by atoms with Crippen molar-refractivity contribution in [2.45, 2.75) is 13.5 Å². The Bertz CT molecular complexity index is 1200. The molecule has 0 saturated carbocycles. The average Bonchev–Trinajstić information content (AvgIpc) is 2.86. The van der Waals surface area contributed by atoms with Crippen LogP contribution in [0.1, 0.15) is 18.1 Å². The van der Waals surface area contributed by atoms with E-state index in [4.69, 9.17) is 5.10 Å². The molecule has 1 aliphatic heterocycles. The second-order valence-electron chi connectivity index (χ2n) is 8.50. The van der Waals surface area contributed by atoms with E-state index in [9.17, 15) is 0 Å². The zero-order valence-electron chi connectivity index (χ0n) is 18.6. The van der Waals surface area contributed by atoms with E-state index >= 15 is 0 Å². The van der Waals surface area contributed by atoms with Crippen molar-refractivity contribution in [2.75, 3.05) is 26.2 Å². The number of nitrogens with zero attached hydrogens (tertiary/aromatic N) is 3. The van der Waals surface area contributed by atoms with Gasteiger partial charge in [0.05, 0.1) is 5.71 Å². The highest BCUT2D eigenvalue weighted by Crippen LogP contribution is 2.21. The van der Waals surface area contributed by atoms with Gasteiger partial charge in [0, 0.05) is 32.7 Å².